The van der Waals surface area contributed by atoms with Crippen molar-refractivity contribution in [2.75, 3.05) is 6.79 Å². The molecule has 2 heterocycles. The van der Waals surface area contributed by atoms with Crippen molar-refractivity contribution >= 4 is 27.8 Å². The fourth-order valence-electron chi connectivity index (χ4n) is 3.55. The molecule has 0 unspecified atom stereocenters. The first-order valence-corrected chi connectivity index (χ1v) is 10.0. The summed E-state index contributed by atoms with van der Waals surface area (Å²) >= 11 is 3.54. The molecule has 0 radical (unpaired) electrons. The Balaban J connectivity index is 1.62. The zero-order chi connectivity index (χ0) is 20.5. The smallest absolute Gasteiger partial charge is 0.336 e. The highest BCUT2D eigenvalue weighted by Crippen LogP contribution is 2.43. The molecule has 4 rings (SSSR count). The molecule has 29 heavy (non-hydrogen) atoms. The number of rotatable bonds is 4. The zero-order valence-electron chi connectivity index (χ0n) is 16.1. The molecule has 2 aliphatic rings. The summed E-state index contributed by atoms with van der Waals surface area (Å²) in [4.78, 5) is 25.2. The van der Waals surface area contributed by atoms with Gasteiger partial charge in [-0.1, -0.05) is 45.8 Å². The molecule has 1 N–H and O–H groups in total. The third-order valence-electron chi connectivity index (χ3n) is 5.05. The van der Waals surface area contributed by atoms with Crippen molar-refractivity contribution in [2.45, 2.75) is 32.8 Å². The van der Waals surface area contributed by atoms with Crippen molar-refractivity contribution in [2.24, 2.45) is 0 Å². The van der Waals surface area contributed by atoms with Crippen LogP contribution in [0.3, 0.4) is 0 Å². The maximum absolute atomic E-state index is 13.0. The number of hydrogen-bond acceptors (Lipinski definition) is 5. The molecule has 7 heteroatoms. The second-order valence-corrected chi connectivity index (χ2v) is 7.99. The van der Waals surface area contributed by atoms with E-state index in [2.05, 4.69) is 21.2 Å². The molecule has 2 aromatic carbocycles. The molecule has 6 nitrogen and oxygen atoms in total. The van der Waals surface area contributed by atoms with Gasteiger partial charge in [0.05, 0.1) is 5.57 Å². The van der Waals surface area contributed by atoms with Crippen molar-refractivity contribution < 1.29 is 23.8 Å². The molecule has 2 aliphatic heterocycles. The highest BCUT2D eigenvalue weighted by molar-refractivity contribution is 9.10. The third kappa shape index (κ3) is 4.00. The van der Waals surface area contributed by atoms with Crippen LogP contribution in [0.1, 0.15) is 36.0 Å². The van der Waals surface area contributed by atoms with E-state index in [-0.39, 0.29) is 25.7 Å². The normalized spacial score (nSPS) is 17.9. The lowest BCUT2D eigenvalue weighted by atomic mass is 9.84. The van der Waals surface area contributed by atoms with Crippen molar-refractivity contribution in [1.29, 1.82) is 0 Å². The van der Waals surface area contributed by atoms with Crippen molar-refractivity contribution in [3.63, 3.8) is 0 Å². The van der Waals surface area contributed by atoms with Crippen molar-refractivity contribution in [3.8, 4) is 11.5 Å². The van der Waals surface area contributed by atoms with Crippen LogP contribution in [-0.2, 0) is 20.9 Å². The minimum absolute atomic E-state index is 0.143. The van der Waals surface area contributed by atoms with Gasteiger partial charge < -0.3 is 19.5 Å². The van der Waals surface area contributed by atoms with Crippen molar-refractivity contribution in [1.82, 2.24) is 5.32 Å². The molecule has 2 aromatic rings. The van der Waals surface area contributed by atoms with Crippen LogP contribution in [0.15, 0.2) is 52.1 Å². The first-order chi connectivity index (χ1) is 13.9. The number of carbonyl (C=O) groups is 2. The summed E-state index contributed by atoms with van der Waals surface area (Å²) in [6, 6.07) is 11.4. The lowest BCUT2D eigenvalue weighted by Crippen LogP contribution is -2.34. The van der Waals surface area contributed by atoms with E-state index in [0.717, 1.165) is 21.2 Å². The number of benzene rings is 2. The standard InChI is InChI=1S/C22H20BrNO5/c1-12-3-5-14(6-4-12)10-27-22(26)21-13(2)24-20(25)8-16(21)15-7-18-19(9-17(15)23)29-11-28-18/h3-7,9,16H,8,10-11H2,1-2H3,(H,24,25)/t16-/m0/s1. The second-order valence-electron chi connectivity index (χ2n) is 7.13. The molecule has 0 aliphatic carbocycles. The highest BCUT2D eigenvalue weighted by Gasteiger charge is 2.35. The number of allylic oxidation sites excluding steroid dienone is 1. The van der Waals surface area contributed by atoms with Crippen LogP contribution in [0.4, 0.5) is 0 Å². The fourth-order valence-corrected chi connectivity index (χ4v) is 4.15. The molecule has 150 valence electrons. The number of fused-ring (bicyclic) bond motifs is 1. The Morgan fingerprint density at radius 3 is 2.59 bits per heavy atom. The number of esters is 1. The predicted molar refractivity (Wildman–Crippen MR) is 109 cm³/mol. The predicted octanol–water partition coefficient (Wildman–Crippen LogP) is 4.11. The molecule has 0 saturated carbocycles. The van der Waals surface area contributed by atoms with E-state index in [1.54, 1.807) is 13.0 Å². The van der Waals surface area contributed by atoms with E-state index >= 15 is 0 Å². The van der Waals surface area contributed by atoms with E-state index < -0.39 is 11.9 Å². The molecular formula is C22H20BrNO5. The Bertz CT molecular complexity index is 1010. The van der Waals surface area contributed by atoms with Crippen LogP contribution < -0.4 is 14.8 Å². The van der Waals surface area contributed by atoms with Gasteiger partial charge >= 0.3 is 5.97 Å². The summed E-state index contributed by atoms with van der Waals surface area (Å²) in [6.07, 6.45) is 0.143. The van der Waals surface area contributed by atoms with Crippen LogP contribution in [0, 0.1) is 6.92 Å². The molecule has 0 fully saturated rings. The third-order valence-corrected chi connectivity index (χ3v) is 5.73. The SMILES string of the molecule is CC1=C(C(=O)OCc2ccc(C)cc2)[C@H](c2cc3c(cc2Br)OCO3)CC(=O)N1. The summed E-state index contributed by atoms with van der Waals surface area (Å²) in [5, 5.41) is 2.76. The van der Waals surface area contributed by atoms with E-state index in [4.69, 9.17) is 14.2 Å². The summed E-state index contributed by atoms with van der Waals surface area (Å²) < 4.78 is 17.2. The van der Waals surface area contributed by atoms with Crippen LogP contribution in [0.25, 0.3) is 0 Å². The highest BCUT2D eigenvalue weighted by atomic mass is 79.9. The van der Waals surface area contributed by atoms with Gasteiger partial charge in [-0.3, -0.25) is 4.79 Å². The number of carbonyl (C=O) groups excluding carboxylic acids is 2. The van der Waals surface area contributed by atoms with Crippen LogP contribution in [0.5, 0.6) is 11.5 Å². The molecule has 0 bridgehead atoms. The van der Waals surface area contributed by atoms with Crippen molar-refractivity contribution in [3.05, 3.63) is 68.8 Å². The maximum Gasteiger partial charge on any atom is 0.336 e. The van der Waals surface area contributed by atoms with Gasteiger partial charge in [0.25, 0.3) is 0 Å². The first-order valence-electron chi connectivity index (χ1n) is 9.24. The minimum atomic E-state index is -0.447. The Morgan fingerprint density at radius 1 is 1.17 bits per heavy atom. The van der Waals surface area contributed by atoms with Gasteiger partial charge in [0.2, 0.25) is 12.7 Å². The van der Waals surface area contributed by atoms with E-state index in [9.17, 15) is 9.59 Å². The number of aryl methyl sites for hydroxylation is 1. The van der Waals surface area contributed by atoms with Gasteiger partial charge in [0, 0.05) is 22.5 Å². The van der Waals surface area contributed by atoms with Crippen LogP contribution in [-0.4, -0.2) is 18.7 Å². The van der Waals surface area contributed by atoms with Gasteiger partial charge in [-0.25, -0.2) is 4.79 Å². The number of hydrogen-bond donors (Lipinski definition) is 1. The molecule has 1 amide bonds. The number of ether oxygens (including phenoxy) is 3. The van der Waals surface area contributed by atoms with Gasteiger partial charge in [0.1, 0.15) is 6.61 Å². The average molecular weight is 458 g/mol. The quantitative estimate of drug-likeness (QED) is 0.699. The van der Waals surface area contributed by atoms with E-state index in [0.29, 0.717) is 22.8 Å². The molecule has 0 saturated heterocycles. The summed E-state index contributed by atoms with van der Waals surface area (Å²) in [5.41, 5.74) is 3.77. The average Bonchev–Trinajstić information content (AvgIpc) is 3.13. The fraction of sp³-hybridized carbons (Fsp3) is 0.273. The summed E-state index contributed by atoms with van der Waals surface area (Å²) in [7, 11) is 0. The number of amides is 1. The minimum Gasteiger partial charge on any atom is -0.457 e. The molecular weight excluding hydrogens is 438 g/mol. The Kier molecular flexibility index (Phi) is 5.32. The Labute approximate surface area is 177 Å². The zero-order valence-corrected chi connectivity index (χ0v) is 17.7. The van der Waals surface area contributed by atoms with Gasteiger partial charge in [-0.15, -0.1) is 0 Å². The van der Waals surface area contributed by atoms with Gasteiger partial charge in [0.15, 0.2) is 11.5 Å². The summed E-state index contributed by atoms with van der Waals surface area (Å²) in [5.74, 6) is 0.187. The topological polar surface area (TPSA) is 73.9 Å². The lowest BCUT2D eigenvalue weighted by molar-refractivity contribution is -0.141. The van der Waals surface area contributed by atoms with Crippen LogP contribution >= 0.6 is 15.9 Å². The Hall–Kier alpha value is -2.80. The summed E-state index contributed by atoms with van der Waals surface area (Å²) in [6.45, 7) is 4.03. The maximum atomic E-state index is 13.0. The lowest BCUT2D eigenvalue weighted by Gasteiger charge is -2.27. The van der Waals surface area contributed by atoms with Gasteiger partial charge in [-0.05, 0) is 37.1 Å². The van der Waals surface area contributed by atoms with E-state index in [1.807, 2.05) is 37.3 Å². The van der Waals surface area contributed by atoms with E-state index in [1.165, 1.54) is 0 Å². The monoisotopic (exact) mass is 457 g/mol. The molecule has 0 aromatic heterocycles. The van der Waals surface area contributed by atoms with Crippen LogP contribution in [0.2, 0.25) is 0 Å². The first kappa shape index (κ1) is 19.5. The number of halogens is 1. The molecule has 1 atom stereocenters. The van der Waals surface area contributed by atoms with Gasteiger partial charge in [-0.2, -0.15) is 0 Å². The Morgan fingerprint density at radius 2 is 1.86 bits per heavy atom. The second kappa shape index (κ2) is 7.91. The largest absolute Gasteiger partial charge is 0.457 e. The number of nitrogens with one attached hydrogen (secondary N) is 1. The molecule has 0 spiro atoms.